The molecule has 1 N–H and O–H groups in total. The molecule has 0 heterocycles. The second kappa shape index (κ2) is 10.1. The van der Waals surface area contributed by atoms with Gasteiger partial charge in [0.15, 0.2) is 0 Å². The third kappa shape index (κ3) is 5.83. The van der Waals surface area contributed by atoms with Crippen LogP contribution in [0.2, 0.25) is 5.02 Å². The van der Waals surface area contributed by atoms with Crippen LogP contribution >= 0.6 is 11.6 Å². The third-order valence-corrected chi connectivity index (χ3v) is 4.88. The maximum Gasteiger partial charge on any atom is 0.337 e. The summed E-state index contributed by atoms with van der Waals surface area (Å²) in [6, 6.07) is 17.2. The topological polar surface area (TPSA) is 64.6 Å². The molecule has 0 aliphatic carbocycles. The minimum absolute atomic E-state index is 0.101. The van der Waals surface area contributed by atoms with Gasteiger partial charge in [-0.3, -0.25) is 4.79 Å². The van der Waals surface area contributed by atoms with Crippen LogP contribution in [0, 0.1) is 5.82 Å². The van der Waals surface area contributed by atoms with Crippen LogP contribution in [0.15, 0.2) is 66.7 Å². The molecule has 31 heavy (non-hydrogen) atoms. The van der Waals surface area contributed by atoms with E-state index < -0.39 is 5.97 Å². The minimum Gasteiger partial charge on any atom is -0.488 e. The lowest BCUT2D eigenvalue weighted by Gasteiger charge is -2.17. The van der Waals surface area contributed by atoms with Crippen LogP contribution in [0.25, 0.3) is 0 Å². The van der Waals surface area contributed by atoms with Crippen molar-refractivity contribution in [2.45, 2.75) is 19.6 Å². The van der Waals surface area contributed by atoms with E-state index in [1.54, 1.807) is 48.5 Å². The number of halogens is 2. The summed E-state index contributed by atoms with van der Waals surface area (Å²) in [5.41, 5.74) is 2.14. The maximum absolute atomic E-state index is 13.4. The third-order valence-electron chi connectivity index (χ3n) is 4.65. The van der Waals surface area contributed by atoms with Crippen molar-refractivity contribution in [1.82, 2.24) is 5.32 Å². The fraction of sp³-hybridized carbons (Fsp3) is 0.167. The van der Waals surface area contributed by atoms with Gasteiger partial charge in [-0.1, -0.05) is 35.9 Å². The first-order valence-electron chi connectivity index (χ1n) is 9.53. The quantitative estimate of drug-likeness (QED) is 0.503. The summed E-state index contributed by atoms with van der Waals surface area (Å²) >= 11 is 6.08. The van der Waals surface area contributed by atoms with Gasteiger partial charge in [0, 0.05) is 5.02 Å². The Morgan fingerprint density at radius 3 is 2.48 bits per heavy atom. The van der Waals surface area contributed by atoms with Gasteiger partial charge in [-0.2, -0.15) is 0 Å². The SMILES string of the molecule is COC(=O)c1ccc([C@H](C)NC(=O)c2cc(Cl)ccc2OCc2cccc(F)c2)cc1. The van der Waals surface area contributed by atoms with Crippen LogP contribution < -0.4 is 10.1 Å². The van der Waals surface area contributed by atoms with E-state index in [4.69, 9.17) is 16.3 Å². The molecule has 5 nitrogen and oxygen atoms in total. The van der Waals surface area contributed by atoms with Crippen molar-refractivity contribution in [2.24, 2.45) is 0 Å². The summed E-state index contributed by atoms with van der Waals surface area (Å²) in [6.07, 6.45) is 0. The molecule has 0 spiro atoms. The monoisotopic (exact) mass is 441 g/mol. The standard InChI is InChI=1S/C24H21ClFNO4/c1-15(17-6-8-18(9-7-17)24(29)30-2)27-23(28)21-13-19(25)10-11-22(21)31-14-16-4-3-5-20(26)12-16/h3-13,15H,14H2,1-2H3,(H,27,28)/t15-/m0/s1. The highest BCUT2D eigenvalue weighted by Crippen LogP contribution is 2.25. The number of carbonyl (C=O) groups is 2. The van der Waals surface area contributed by atoms with Gasteiger partial charge in [0.25, 0.3) is 5.91 Å². The zero-order chi connectivity index (χ0) is 22.4. The number of nitrogens with one attached hydrogen (secondary N) is 1. The Balaban J connectivity index is 1.73. The fourth-order valence-electron chi connectivity index (χ4n) is 2.98. The van der Waals surface area contributed by atoms with Crippen LogP contribution in [0.5, 0.6) is 5.75 Å². The first-order valence-corrected chi connectivity index (χ1v) is 9.91. The van der Waals surface area contributed by atoms with E-state index in [0.29, 0.717) is 21.9 Å². The first-order chi connectivity index (χ1) is 14.9. The van der Waals surface area contributed by atoms with Crippen molar-refractivity contribution in [1.29, 1.82) is 0 Å². The van der Waals surface area contributed by atoms with Crippen molar-refractivity contribution < 1.29 is 23.5 Å². The summed E-state index contributed by atoms with van der Waals surface area (Å²) < 4.78 is 23.8. The molecule has 0 fully saturated rings. The molecule has 0 unspecified atom stereocenters. The van der Waals surface area contributed by atoms with Crippen molar-refractivity contribution in [3.05, 3.63) is 99.8 Å². The van der Waals surface area contributed by atoms with Gasteiger partial charge >= 0.3 is 5.97 Å². The molecule has 0 aliphatic rings. The number of hydrogen-bond acceptors (Lipinski definition) is 4. The Kier molecular flexibility index (Phi) is 7.26. The molecule has 160 valence electrons. The number of methoxy groups -OCH3 is 1. The van der Waals surface area contributed by atoms with Crippen LogP contribution in [-0.4, -0.2) is 19.0 Å². The summed E-state index contributed by atoms with van der Waals surface area (Å²) in [4.78, 5) is 24.5. The summed E-state index contributed by atoms with van der Waals surface area (Å²) in [5.74, 6) is -0.829. The van der Waals surface area contributed by atoms with E-state index in [0.717, 1.165) is 5.56 Å². The largest absolute Gasteiger partial charge is 0.488 e. The van der Waals surface area contributed by atoms with Gasteiger partial charge in [0.1, 0.15) is 18.2 Å². The van der Waals surface area contributed by atoms with Crippen molar-refractivity contribution >= 4 is 23.5 Å². The van der Waals surface area contributed by atoms with Crippen molar-refractivity contribution in [3.8, 4) is 5.75 Å². The Bertz CT molecular complexity index is 1090. The number of ether oxygens (including phenoxy) is 2. The molecule has 0 saturated carbocycles. The molecule has 1 atom stereocenters. The van der Waals surface area contributed by atoms with Gasteiger partial charge in [-0.05, 0) is 60.5 Å². The molecule has 7 heteroatoms. The van der Waals surface area contributed by atoms with Crippen LogP contribution in [0.4, 0.5) is 4.39 Å². The van der Waals surface area contributed by atoms with E-state index in [-0.39, 0.29) is 29.9 Å². The van der Waals surface area contributed by atoms with E-state index in [1.807, 2.05) is 6.92 Å². The first kappa shape index (κ1) is 22.3. The van der Waals surface area contributed by atoms with Crippen LogP contribution in [0.1, 0.15) is 44.8 Å². The molecular weight excluding hydrogens is 421 g/mol. The number of rotatable bonds is 7. The second-order valence-electron chi connectivity index (χ2n) is 6.87. The zero-order valence-corrected chi connectivity index (χ0v) is 17.8. The lowest BCUT2D eigenvalue weighted by molar-refractivity contribution is 0.0600. The van der Waals surface area contributed by atoms with Crippen LogP contribution in [-0.2, 0) is 11.3 Å². The molecule has 3 rings (SSSR count). The second-order valence-corrected chi connectivity index (χ2v) is 7.30. The summed E-state index contributed by atoms with van der Waals surface area (Å²) in [5, 5.41) is 3.28. The highest BCUT2D eigenvalue weighted by atomic mass is 35.5. The number of esters is 1. The van der Waals surface area contributed by atoms with Gasteiger partial charge in [-0.15, -0.1) is 0 Å². The normalized spacial score (nSPS) is 11.5. The Hall–Kier alpha value is -3.38. The lowest BCUT2D eigenvalue weighted by atomic mass is 10.1. The molecule has 0 aromatic heterocycles. The fourth-order valence-corrected chi connectivity index (χ4v) is 3.15. The van der Waals surface area contributed by atoms with Gasteiger partial charge in [-0.25, -0.2) is 9.18 Å². The Labute approximate surface area is 184 Å². The predicted molar refractivity (Wildman–Crippen MR) is 116 cm³/mol. The average molecular weight is 442 g/mol. The average Bonchev–Trinajstić information content (AvgIpc) is 2.77. The smallest absolute Gasteiger partial charge is 0.337 e. The predicted octanol–water partition coefficient (Wildman–Crippen LogP) is 5.34. The molecule has 3 aromatic carbocycles. The van der Waals surface area contributed by atoms with Crippen molar-refractivity contribution in [2.75, 3.05) is 7.11 Å². The molecule has 1 amide bonds. The summed E-state index contributed by atoms with van der Waals surface area (Å²) in [6.45, 7) is 1.92. The molecule has 0 radical (unpaired) electrons. The molecule has 3 aromatic rings. The van der Waals surface area contributed by atoms with E-state index in [9.17, 15) is 14.0 Å². The maximum atomic E-state index is 13.4. The number of carbonyl (C=O) groups excluding carboxylic acids is 2. The van der Waals surface area contributed by atoms with Gasteiger partial charge < -0.3 is 14.8 Å². The van der Waals surface area contributed by atoms with E-state index >= 15 is 0 Å². The molecular formula is C24H21ClFNO4. The van der Waals surface area contributed by atoms with Crippen molar-refractivity contribution in [3.63, 3.8) is 0 Å². The van der Waals surface area contributed by atoms with Gasteiger partial charge in [0.05, 0.1) is 24.3 Å². The lowest BCUT2D eigenvalue weighted by Crippen LogP contribution is -2.27. The van der Waals surface area contributed by atoms with Crippen LogP contribution in [0.3, 0.4) is 0 Å². The van der Waals surface area contributed by atoms with Gasteiger partial charge in [0.2, 0.25) is 0 Å². The van der Waals surface area contributed by atoms with E-state index in [1.165, 1.54) is 25.3 Å². The number of benzene rings is 3. The molecule has 0 bridgehead atoms. The zero-order valence-electron chi connectivity index (χ0n) is 17.0. The Morgan fingerprint density at radius 1 is 1.06 bits per heavy atom. The minimum atomic E-state index is -0.428. The Morgan fingerprint density at radius 2 is 1.81 bits per heavy atom. The summed E-state index contributed by atoms with van der Waals surface area (Å²) in [7, 11) is 1.32. The molecule has 0 aliphatic heterocycles. The van der Waals surface area contributed by atoms with E-state index in [2.05, 4.69) is 10.1 Å². The highest BCUT2D eigenvalue weighted by Gasteiger charge is 2.17. The highest BCUT2D eigenvalue weighted by molar-refractivity contribution is 6.31. The molecule has 0 saturated heterocycles. The number of hydrogen-bond donors (Lipinski definition) is 1. The number of amides is 1.